The zero-order valence-electron chi connectivity index (χ0n) is 14.1. The fourth-order valence-electron chi connectivity index (χ4n) is 2.49. The van der Waals surface area contributed by atoms with Gasteiger partial charge in [-0.05, 0) is 51.4 Å². The summed E-state index contributed by atoms with van der Waals surface area (Å²) in [5.74, 6) is -0.716. The average molecular weight is 331 g/mol. The first kappa shape index (κ1) is 17.7. The van der Waals surface area contributed by atoms with Crippen LogP contribution in [0.3, 0.4) is 0 Å². The van der Waals surface area contributed by atoms with Gasteiger partial charge in [0, 0.05) is 28.8 Å². The van der Waals surface area contributed by atoms with Crippen LogP contribution < -0.4 is 0 Å². The number of benzene rings is 1. The minimum absolute atomic E-state index is 0.238. The highest BCUT2D eigenvalue weighted by Gasteiger charge is 2.12. The van der Waals surface area contributed by atoms with E-state index >= 15 is 0 Å². The van der Waals surface area contributed by atoms with Gasteiger partial charge in [0.15, 0.2) is 0 Å². The fraction of sp³-hybridized carbons (Fsp3) is 0.421. The van der Waals surface area contributed by atoms with E-state index in [4.69, 9.17) is 5.11 Å². The van der Waals surface area contributed by atoms with Crippen LogP contribution in [0.2, 0.25) is 0 Å². The summed E-state index contributed by atoms with van der Waals surface area (Å²) in [6, 6.07) is 13.4. The Morgan fingerprint density at radius 3 is 2.48 bits per heavy atom. The van der Waals surface area contributed by atoms with Gasteiger partial charge in [0.25, 0.3) is 0 Å². The van der Waals surface area contributed by atoms with Crippen molar-refractivity contribution in [1.82, 2.24) is 4.90 Å². The van der Waals surface area contributed by atoms with Gasteiger partial charge >= 0.3 is 5.97 Å². The maximum Gasteiger partial charge on any atom is 0.303 e. The molecule has 0 atom stereocenters. The first-order valence-electron chi connectivity index (χ1n) is 8.07. The van der Waals surface area contributed by atoms with Crippen LogP contribution in [0.1, 0.15) is 37.1 Å². The van der Waals surface area contributed by atoms with Gasteiger partial charge in [0.2, 0.25) is 0 Å². The smallest absolute Gasteiger partial charge is 0.303 e. The molecule has 2 aromatic rings. The molecule has 0 saturated heterocycles. The van der Waals surface area contributed by atoms with Crippen molar-refractivity contribution in [2.75, 3.05) is 6.54 Å². The van der Waals surface area contributed by atoms with Crippen LogP contribution in [0.15, 0.2) is 36.4 Å². The lowest BCUT2D eigenvalue weighted by Crippen LogP contribution is -2.31. The molecular formula is C19H25NO2S. The van der Waals surface area contributed by atoms with E-state index in [2.05, 4.69) is 62.1 Å². The predicted molar refractivity (Wildman–Crippen MR) is 96.9 cm³/mol. The van der Waals surface area contributed by atoms with Crippen molar-refractivity contribution in [3.05, 3.63) is 46.8 Å². The first-order chi connectivity index (χ1) is 11.0. The normalized spacial score (nSPS) is 11.3. The fourth-order valence-corrected chi connectivity index (χ4v) is 3.53. The summed E-state index contributed by atoms with van der Waals surface area (Å²) in [7, 11) is 0. The summed E-state index contributed by atoms with van der Waals surface area (Å²) in [6.45, 7) is 8.13. The highest BCUT2D eigenvalue weighted by molar-refractivity contribution is 7.15. The lowest BCUT2D eigenvalue weighted by atomic mass is 10.1. The molecule has 0 aliphatic carbocycles. The standard InChI is InChI=1S/C19H25NO2S/c1-14(2)20(12-4-5-19(21)22)13-17-10-11-18(23-17)16-8-6-15(3)7-9-16/h6-11,14H,4-5,12-13H2,1-3H3,(H,21,22). The van der Waals surface area contributed by atoms with Gasteiger partial charge in [-0.1, -0.05) is 29.8 Å². The largest absolute Gasteiger partial charge is 0.481 e. The van der Waals surface area contributed by atoms with E-state index < -0.39 is 5.97 Å². The molecule has 0 aliphatic heterocycles. The lowest BCUT2D eigenvalue weighted by Gasteiger charge is -2.25. The van der Waals surface area contributed by atoms with E-state index in [0.717, 1.165) is 13.1 Å². The SMILES string of the molecule is Cc1ccc(-c2ccc(CN(CCCC(=O)O)C(C)C)s2)cc1. The molecule has 0 fully saturated rings. The van der Waals surface area contributed by atoms with E-state index in [-0.39, 0.29) is 6.42 Å². The molecule has 0 unspecified atom stereocenters. The molecule has 23 heavy (non-hydrogen) atoms. The molecule has 4 heteroatoms. The molecule has 1 aromatic carbocycles. The van der Waals surface area contributed by atoms with Crippen LogP contribution in [-0.4, -0.2) is 28.6 Å². The van der Waals surface area contributed by atoms with Gasteiger partial charge in [-0.15, -0.1) is 11.3 Å². The highest BCUT2D eigenvalue weighted by Crippen LogP contribution is 2.29. The molecule has 0 amide bonds. The van der Waals surface area contributed by atoms with Gasteiger partial charge in [-0.3, -0.25) is 9.69 Å². The van der Waals surface area contributed by atoms with Crippen molar-refractivity contribution in [2.24, 2.45) is 0 Å². The summed E-state index contributed by atoms with van der Waals surface area (Å²) in [5.41, 5.74) is 2.53. The Labute approximate surface area is 142 Å². The monoisotopic (exact) mass is 331 g/mol. The molecule has 1 aromatic heterocycles. The molecule has 1 heterocycles. The Hall–Kier alpha value is -1.65. The van der Waals surface area contributed by atoms with Gasteiger partial charge in [-0.25, -0.2) is 0 Å². The van der Waals surface area contributed by atoms with Gasteiger partial charge in [0.05, 0.1) is 0 Å². The Morgan fingerprint density at radius 1 is 1.17 bits per heavy atom. The molecule has 0 bridgehead atoms. The first-order valence-corrected chi connectivity index (χ1v) is 8.89. The van der Waals surface area contributed by atoms with E-state index in [0.29, 0.717) is 12.5 Å². The third-order valence-electron chi connectivity index (χ3n) is 3.92. The average Bonchev–Trinajstić information content (AvgIpc) is 2.95. The molecule has 0 spiro atoms. The molecule has 3 nitrogen and oxygen atoms in total. The zero-order valence-corrected chi connectivity index (χ0v) is 14.9. The minimum atomic E-state index is -0.716. The van der Waals surface area contributed by atoms with Crippen LogP contribution in [0, 0.1) is 6.92 Å². The topological polar surface area (TPSA) is 40.5 Å². The van der Waals surface area contributed by atoms with Gasteiger partial charge in [0.1, 0.15) is 0 Å². The summed E-state index contributed by atoms with van der Waals surface area (Å²) < 4.78 is 0. The summed E-state index contributed by atoms with van der Waals surface area (Å²) in [4.78, 5) is 15.6. The van der Waals surface area contributed by atoms with Crippen LogP contribution in [0.4, 0.5) is 0 Å². The number of carboxylic acids is 1. The number of nitrogens with zero attached hydrogens (tertiary/aromatic N) is 1. The van der Waals surface area contributed by atoms with Crippen molar-refractivity contribution in [1.29, 1.82) is 0 Å². The van der Waals surface area contributed by atoms with Crippen molar-refractivity contribution in [3.8, 4) is 10.4 Å². The second-order valence-corrected chi connectivity index (χ2v) is 7.36. The Balaban J connectivity index is 2.00. The molecule has 124 valence electrons. The molecule has 2 rings (SSSR count). The van der Waals surface area contributed by atoms with Crippen molar-refractivity contribution < 1.29 is 9.90 Å². The van der Waals surface area contributed by atoms with Crippen LogP contribution >= 0.6 is 11.3 Å². The number of hydrogen-bond acceptors (Lipinski definition) is 3. The third-order valence-corrected chi connectivity index (χ3v) is 5.04. The number of carboxylic acid groups (broad SMARTS) is 1. The number of rotatable bonds is 8. The predicted octanol–water partition coefficient (Wildman–Crippen LogP) is 4.80. The Bertz CT molecular complexity index is 631. The molecule has 0 aliphatic rings. The van der Waals surface area contributed by atoms with Gasteiger partial charge in [-0.2, -0.15) is 0 Å². The number of carbonyl (C=O) groups is 1. The minimum Gasteiger partial charge on any atom is -0.481 e. The number of thiophene rings is 1. The lowest BCUT2D eigenvalue weighted by molar-refractivity contribution is -0.137. The molecular weight excluding hydrogens is 306 g/mol. The van der Waals surface area contributed by atoms with Gasteiger partial charge < -0.3 is 5.11 Å². The number of aliphatic carboxylic acids is 1. The van der Waals surface area contributed by atoms with E-state index in [1.165, 1.54) is 20.9 Å². The second-order valence-electron chi connectivity index (χ2n) is 6.19. The maximum absolute atomic E-state index is 10.7. The summed E-state index contributed by atoms with van der Waals surface area (Å²) >= 11 is 1.82. The zero-order chi connectivity index (χ0) is 16.8. The van der Waals surface area contributed by atoms with Crippen LogP contribution in [0.5, 0.6) is 0 Å². The highest BCUT2D eigenvalue weighted by atomic mass is 32.1. The van der Waals surface area contributed by atoms with Crippen molar-refractivity contribution >= 4 is 17.3 Å². The molecule has 1 N–H and O–H groups in total. The third kappa shape index (κ3) is 5.48. The van der Waals surface area contributed by atoms with E-state index in [1.54, 1.807) is 0 Å². The van der Waals surface area contributed by atoms with Crippen molar-refractivity contribution in [2.45, 2.75) is 46.2 Å². The van der Waals surface area contributed by atoms with E-state index in [1.807, 2.05) is 11.3 Å². The Kier molecular flexibility index (Phi) is 6.37. The number of aryl methyl sites for hydroxylation is 1. The summed E-state index contributed by atoms with van der Waals surface area (Å²) in [5, 5.41) is 8.79. The maximum atomic E-state index is 10.7. The molecule has 0 saturated carbocycles. The quantitative estimate of drug-likeness (QED) is 0.755. The van der Waals surface area contributed by atoms with Crippen molar-refractivity contribution in [3.63, 3.8) is 0 Å². The second kappa shape index (κ2) is 8.27. The van der Waals surface area contributed by atoms with E-state index in [9.17, 15) is 4.79 Å². The summed E-state index contributed by atoms with van der Waals surface area (Å²) in [6.07, 6.45) is 0.936. The van der Waals surface area contributed by atoms with Crippen LogP contribution in [0.25, 0.3) is 10.4 Å². The molecule has 0 radical (unpaired) electrons. The number of hydrogen-bond donors (Lipinski definition) is 1. The Morgan fingerprint density at radius 2 is 1.87 bits per heavy atom. The van der Waals surface area contributed by atoms with Crippen LogP contribution in [-0.2, 0) is 11.3 Å².